The van der Waals surface area contributed by atoms with Gasteiger partial charge in [-0.15, -0.1) is 0 Å². The SMILES string of the molecule is CC(=O)NC1CCC(Nc2ncc(C(N)=O)c(N[C@@H]3CCC[C@@H](O)C3)n2)CC1. The molecule has 2 aliphatic carbocycles. The monoisotopic (exact) mass is 390 g/mol. The van der Waals surface area contributed by atoms with Gasteiger partial charge in [-0.1, -0.05) is 0 Å². The summed E-state index contributed by atoms with van der Waals surface area (Å²) in [7, 11) is 0. The minimum Gasteiger partial charge on any atom is -0.393 e. The Labute approximate surface area is 164 Å². The highest BCUT2D eigenvalue weighted by atomic mass is 16.3. The zero-order chi connectivity index (χ0) is 20.1. The van der Waals surface area contributed by atoms with Gasteiger partial charge in [-0.2, -0.15) is 4.98 Å². The van der Waals surface area contributed by atoms with Crippen LogP contribution in [0.25, 0.3) is 0 Å². The molecule has 0 aromatic carbocycles. The van der Waals surface area contributed by atoms with Crippen molar-refractivity contribution in [1.29, 1.82) is 0 Å². The fourth-order valence-electron chi connectivity index (χ4n) is 4.08. The van der Waals surface area contributed by atoms with Crippen molar-refractivity contribution in [2.24, 2.45) is 5.73 Å². The summed E-state index contributed by atoms with van der Waals surface area (Å²) in [5.41, 5.74) is 5.72. The van der Waals surface area contributed by atoms with E-state index >= 15 is 0 Å². The van der Waals surface area contributed by atoms with Crippen LogP contribution in [-0.2, 0) is 4.79 Å². The average Bonchev–Trinajstić information content (AvgIpc) is 2.63. The molecule has 3 rings (SSSR count). The number of nitrogens with zero attached hydrogens (tertiary/aromatic N) is 2. The van der Waals surface area contributed by atoms with Gasteiger partial charge in [-0.05, 0) is 51.4 Å². The lowest BCUT2D eigenvalue weighted by atomic mass is 9.91. The number of carbonyl (C=O) groups excluding carboxylic acids is 2. The number of anilines is 2. The van der Waals surface area contributed by atoms with Crippen LogP contribution in [0.15, 0.2) is 6.20 Å². The minimum absolute atomic E-state index is 0.00494. The summed E-state index contributed by atoms with van der Waals surface area (Å²) in [6, 6.07) is 0.496. The molecule has 2 amide bonds. The van der Waals surface area contributed by atoms with Gasteiger partial charge in [0.25, 0.3) is 5.91 Å². The molecular formula is C19H30N6O3. The van der Waals surface area contributed by atoms with Crippen LogP contribution in [0, 0.1) is 0 Å². The molecule has 0 unspecified atom stereocenters. The second kappa shape index (κ2) is 9.18. The van der Waals surface area contributed by atoms with E-state index in [1.54, 1.807) is 0 Å². The summed E-state index contributed by atoms with van der Waals surface area (Å²) in [5, 5.41) is 19.4. The first-order valence-electron chi connectivity index (χ1n) is 10.1. The van der Waals surface area contributed by atoms with Gasteiger partial charge in [0.1, 0.15) is 5.82 Å². The number of primary amides is 1. The fourth-order valence-corrected chi connectivity index (χ4v) is 4.08. The van der Waals surface area contributed by atoms with Gasteiger partial charge >= 0.3 is 0 Å². The van der Waals surface area contributed by atoms with Gasteiger partial charge in [0.2, 0.25) is 11.9 Å². The van der Waals surface area contributed by atoms with Crippen LogP contribution in [0.3, 0.4) is 0 Å². The van der Waals surface area contributed by atoms with Crippen LogP contribution in [-0.4, -0.2) is 51.1 Å². The summed E-state index contributed by atoms with van der Waals surface area (Å²) in [6.07, 6.45) is 8.00. The smallest absolute Gasteiger partial charge is 0.254 e. The number of aliphatic hydroxyl groups excluding tert-OH is 1. The van der Waals surface area contributed by atoms with Crippen molar-refractivity contribution < 1.29 is 14.7 Å². The highest BCUT2D eigenvalue weighted by molar-refractivity contribution is 5.97. The third-order valence-electron chi connectivity index (χ3n) is 5.51. The molecule has 1 heterocycles. The Morgan fingerprint density at radius 3 is 2.43 bits per heavy atom. The lowest BCUT2D eigenvalue weighted by Gasteiger charge is -2.30. The number of hydrogen-bond donors (Lipinski definition) is 5. The summed E-state index contributed by atoms with van der Waals surface area (Å²) in [4.78, 5) is 31.7. The van der Waals surface area contributed by atoms with E-state index in [0.29, 0.717) is 18.2 Å². The molecule has 6 N–H and O–H groups in total. The molecule has 2 aliphatic rings. The molecule has 0 bridgehead atoms. The standard InChI is InChI=1S/C19H30N6O3/c1-11(26)22-12-5-7-13(8-6-12)24-19-21-10-16(17(20)28)18(25-19)23-14-3-2-4-15(27)9-14/h10,12-15,27H,2-9H2,1H3,(H2,20,28)(H,22,26)(H2,21,23,24,25)/t12?,13?,14-,15-/m1/s1. The first-order valence-corrected chi connectivity index (χ1v) is 10.1. The molecule has 9 nitrogen and oxygen atoms in total. The van der Waals surface area contributed by atoms with Gasteiger partial charge in [0, 0.05) is 31.2 Å². The number of aromatic nitrogens is 2. The van der Waals surface area contributed by atoms with Crippen molar-refractivity contribution in [3.63, 3.8) is 0 Å². The first kappa shape index (κ1) is 20.3. The van der Waals surface area contributed by atoms with Gasteiger partial charge in [0.15, 0.2) is 0 Å². The number of nitrogens with two attached hydrogens (primary N) is 1. The maximum atomic E-state index is 11.8. The molecule has 1 aromatic heterocycles. The Kier molecular flexibility index (Phi) is 6.66. The van der Waals surface area contributed by atoms with E-state index < -0.39 is 5.91 Å². The van der Waals surface area contributed by atoms with Crippen LogP contribution in [0.5, 0.6) is 0 Å². The maximum absolute atomic E-state index is 11.8. The molecule has 0 aliphatic heterocycles. The van der Waals surface area contributed by atoms with Crippen LogP contribution >= 0.6 is 0 Å². The highest BCUT2D eigenvalue weighted by Crippen LogP contribution is 2.25. The average molecular weight is 390 g/mol. The van der Waals surface area contributed by atoms with Gasteiger partial charge in [-0.25, -0.2) is 4.98 Å². The number of rotatable bonds is 6. The van der Waals surface area contributed by atoms with E-state index in [-0.39, 0.29) is 35.7 Å². The lowest BCUT2D eigenvalue weighted by molar-refractivity contribution is -0.119. The number of carbonyl (C=O) groups is 2. The molecule has 1 aromatic rings. The molecule has 9 heteroatoms. The van der Waals surface area contributed by atoms with Crippen LogP contribution in [0.4, 0.5) is 11.8 Å². The van der Waals surface area contributed by atoms with Crippen molar-refractivity contribution in [1.82, 2.24) is 15.3 Å². The Morgan fingerprint density at radius 1 is 1.07 bits per heavy atom. The van der Waals surface area contributed by atoms with Crippen molar-refractivity contribution in [3.8, 4) is 0 Å². The predicted octanol–water partition coefficient (Wildman–Crippen LogP) is 1.15. The molecule has 2 fully saturated rings. The molecular weight excluding hydrogens is 360 g/mol. The fraction of sp³-hybridized carbons (Fsp3) is 0.684. The van der Waals surface area contributed by atoms with Crippen molar-refractivity contribution in [2.75, 3.05) is 10.6 Å². The number of aliphatic hydroxyl groups is 1. The predicted molar refractivity (Wildman–Crippen MR) is 106 cm³/mol. The van der Waals surface area contributed by atoms with E-state index in [0.717, 1.165) is 44.9 Å². The number of hydrogen-bond acceptors (Lipinski definition) is 7. The molecule has 2 atom stereocenters. The first-order chi connectivity index (χ1) is 13.4. The van der Waals surface area contributed by atoms with Gasteiger partial charge in [-0.3, -0.25) is 9.59 Å². The summed E-state index contributed by atoms with van der Waals surface area (Å²) >= 11 is 0. The summed E-state index contributed by atoms with van der Waals surface area (Å²) in [6.45, 7) is 1.54. The van der Waals surface area contributed by atoms with E-state index in [9.17, 15) is 14.7 Å². The third kappa shape index (κ3) is 5.54. The topological polar surface area (TPSA) is 142 Å². The molecule has 28 heavy (non-hydrogen) atoms. The zero-order valence-electron chi connectivity index (χ0n) is 16.3. The molecule has 0 spiro atoms. The van der Waals surface area contributed by atoms with Crippen LogP contribution < -0.4 is 21.7 Å². The highest BCUT2D eigenvalue weighted by Gasteiger charge is 2.24. The van der Waals surface area contributed by atoms with E-state index in [4.69, 9.17) is 5.73 Å². The maximum Gasteiger partial charge on any atom is 0.254 e. The summed E-state index contributed by atoms with van der Waals surface area (Å²) < 4.78 is 0. The summed E-state index contributed by atoms with van der Waals surface area (Å²) in [5.74, 6) is 0.287. The van der Waals surface area contributed by atoms with Gasteiger partial charge in [0.05, 0.1) is 11.7 Å². The number of amides is 2. The molecule has 2 saturated carbocycles. The zero-order valence-corrected chi connectivity index (χ0v) is 16.3. The third-order valence-corrected chi connectivity index (χ3v) is 5.51. The Balaban J connectivity index is 1.64. The van der Waals surface area contributed by atoms with E-state index in [1.807, 2.05) is 0 Å². The number of nitrogens with one attached hydrogen (secondary N) is 3. The molecule has 154 valence electrons. The Morgan fingerprint density at radius 2 is 1.79 bits per heavy atom. The second-order valence-electron chi connectivity index (χ2n) is 7.88. The minimum atomic E-state index is -0.582. The van der Waals surface area contributed by atoms with Crippen molar-refractivity contribution >= 4 is 23.6 Å². The van der Waals surface area contributed by atoms with E-state index in [1.165, 1.54) is 13.1 Å². The Hall–Kier alpha value is -2.42. The van der Waals surface area contributed by atoms with Crippen molar-refractivity contribution in [3.05, 3.63) is 11.8 Å². The van der Waals surface area contributed by atoms with Gasteiger partial charge < -0.3 is 26.8 Å². The quantitative estimate of drug-likeness (QED) is 0.490. The van der Waals surface area contributed by atoms with Crippen LogP contribution in [0.2, 0.25) is 0 Å². The normalized spacial score (nSPS) is 27.6. The second-order valence-corrected chi connectivity index (χ2v) is 7.88. The lowest BCUT2D eigenvalue weighted by Crippen LogP contribution is -2.39. The van der Waals surface area contributed by atoms with Crippen molar-refractivity contribution in [2.45, 2.75) is 82.5 Å². The largest absolute Gasteiger partial charge is 0.393 e. The Bertz CT molecular complexity index is 705. The molecule has 0 radical (unpaired) electrons. The van der Waals surface area contributed by atoms with Crippen LogP contribution in [0.1, 0.15) is 68.6 Å². The van der Waals surface area contributed by atoms with E-state index in [2.05, 4.69) is 25.9 Å². The molecule has 0 saturated heterocycles.